The first-order valence-electron chi connectivity index (χ1n) is 27.5. The molecule has 1 aliphatic heterocycles. The summed E-state index contributed by atoms with van der Waals surface area (Å²) in [5, 5.41) is 21.8. The molecule has 70 heavy (non-hydrogen) atoms. The number of likely N-dealkylation sites (N-methyl/N-ethyl adjacent to an activating group) is 1. The van der Waals surface area contributed by atoms with Gasteiger partial charge in [0.2, 0.25) is 0 Å². The van der Waals surface area contributed by atoms with Crippen LogP contribution in [0.4, 0.5) is 5.69 Å². The van der Waals surface area contributed by atoms with E-state index in [0.29, 0.717) is 62.5 Å². The molecule has 0 aromatic heterocycles. The SMILES string of the molecule is CC#C[C@]12CCC3C4CCC5=CC(=O)CCC5=C4[C@@H](c4ccc(N(C)CCO[C@H]5CC[C@@]6(C)[C@@H](C5)C[C@@H](OCOC(=O)CCCN)[C@@H]5[C@@H]6C[C@H](O)[C@]6(C)[C@@H]([C@H](C)CCC(=O)O)CC[C@@H]56)cc4)C[C@@]31CO2. The maximum Gasteiger partial charge on any atom is 0.307 e. The van der Waals surface area contributed by atoms with Crippen LogP contribution in [0.5, 0.6) is 0 Å². The van der Waals surface area contributed by atoms with E-state index < -0.39 is 12.1 Å². The summed E-state index contributed by atoms with van der Waals surface area (Å²) in [5.74, 6) is 8.96. The lowest BCUT2D eigenvalue weighted by molar-refractivity contribution is -0.245. The number of benzene rings is 1. The number of carboxylic acids is 1. The highest BCUT2D eigenvalue weighted by atomic mass is 16.7. The van der Waals surface area contributed by atoms with Crippen LogP contribution >= 0.6 is 0 Å². The van der Waals surface area contributed by atoms with Crippen molar-refractivity contribution in [3.8, 4) is 11.8 Å². The molecule has 7 fully saturated rings. The molecule has 9 aliphatic rings. The lowest BCUT2D eigenvalue weighted by Crippen LogP contribution is -2.64. The Kier molecular flexibility index (Phi) is 14.1. The Bertz CT molecular complexity index is 2280. The molecule has 8 aliphatic carbocycles. The van der Waals surface area contributed by atoms with Crippen LogP contribution in [0.25, 0.3) is 0 Å². The number of hydrogen-bond acceptors (Lipinski definition) is 10. The van der Waals surface area contributed by atoms with Crippen LogP contribution in [0.1, 0.15) is 155 Å². The number of anilines is 1. The van der Waals surface area contributed by atoms with Gasteiger partial charge in [0.25, 0.3) is 0 Å². The number of carboxylic acid groups (broad SMARTS) is 1. The number of ketones is 1. The molecule has 1 saturated heterocycles. The topological polar surface area (TPSA) is 158 Å². The van der Waals surface area contributed by atoms with Crippen molar-refractivity contribution in [1.29, 1.82) is 0 Å². The summed E-state index contributed by atoms with van der Waals surface area (Å²) in [6.07, 6.45) is 16.5. The highest BCUT2D eigenvalue weighted by molar-refractivity contribution is 5.93. The van der Waals surface area contributed by atoms with Crippen molar-refractivity contribution in [2.75, 3.05) is 45.0 Å². The van der Waals surface area contributed by atoms with Crippen molar-refractivity contribution in [2.24, 2.45) is 69.3 Å². The second kappa shape index (κ2) is 19.7. The molecule has 1 spiro atoms. The van der Waals surface area contributed by atoms with Gasteiger partial charge in [-0.15, -0.1) is 5.92 Å². The average Bonchev–Trinajstić information content (AvgIpc) is 3.81. The first kappa shape index (κ1) is 50.0. The number of rotatable bonds is 16. The molecule has 1 heterocycles. The molecular weight excluding hydrogens is 881 g/mol. The number of aliphatic hydroxyl groups is 1. The molecule has 382 valence electrons. The lowest BCUT2D eigenvalue weighted by Gasteiger charge is -2.64. The molecule has 0 radical (unpaired) electrons. The van der Waals surface area contributed by atoms with Gasteiger partial charge < -0.3 is 39.8 Å². The Labute approximate surface area is 417 Å². The van der Waals surface area contributed by atoms with Gasteiger partial charge in [0.15, 0.2) is 12.6 Å². The van der Waals surface area contributed by atoms with Crippen molar-refractivity contribution < 1.29 is 43.5 Å². The number of nitrogens with two attached hydrogens (primary N) is 1. The fourth-order valence-electron chi connectivity index (χ4n) is 17.8. The summed E-state index contributed by atoms with van der Waals surface area (Å²) in [7, 11) is 2.16. The quantitative estimate of drug-likeness (QED) is 0.0824. The van der Waals surface area contributed by atoms with E-state index in [0.717, 1.165) is 83.8 Å². The maximum absolute atomic E-state index is 12.6. The van der Waals surface area contributed by atoms with Crippen LogP contribution in [0.3, 0.4) is 0 Å². The monoisotopic (exact) mass is 963 g/mol. The number of carbonyl (C=O) groups is 3. The summed E-state index contributed by atoms with van der Waals surface area (Å²) in [5.41, 5.74) is 12.0. The van der Waals surface area contributed by atoms with E-state index >= 15 is 0 Å². The van der Waals surface area contributed by atoms with E-state index in [1.807, 2.05) is 13.0 Å². The zero-order valence-electron chi connectivity index (χ0n) is 42.9. The number of esters is 1. The lowest BCUT2D eigenvalue weighted by atomic mass is 9.43. The smallest absolute Gasteiger partial charge is 0.307 e. The molecule has 11 heteroatoms. The molecule has 4 N–H and O–H groups in total. The van der Waals surface area contributed by atoms with Crippen molar-refractivity contribution in [1.82, 2.24) is 0 Å². The highest BCUT2D eigenvalue weighted by Crippen LogP contribution is 2.72. The minimum Gasteiger partial charge on any atom is -0.481 e. The summed E-state index contributed by atoms with van der Waals surface area (Å²) < 4.78 is 25.6. The summed E-state index contributed by atoms with van der Waals surface area (Å²) >= 11 is 0. The number of aliphatic carboxylic acids is 1. The van der Waals surface area contributed by atoms with Crippen molar-refractivity contribution in [3.05, 3.63) is 52.6 Å². The number of nitrogens with zero attached hydrogens (tertiary/aromatic N) is 1. The second-order valence-electron chi connectivity index (χ2n) is 24.2. The molecule has 10 rings (SSSR count). The molecular formula is C59H82N2O9. The first-order chi connectivity index (χ1) is 33.7. The Morgan fingerprint density at radius 1 is 0.971 bits per heavy atom. The zero-order valence-corrected chi connectivity index (χ0v) is 42.9. The van der Waals surface area contributed by atoms with Crippen LogP contribution in [0.2, 0.25) is 0 Å². The Balaban J connectivity index is 0.809. The number of ether oxygens (including phenoxy) is 4. The van der Waals surface area contributed by atoms with Gasteiger partial charge in [-0.25, -0.2) is 0 Å². The fourth-order valence-corrected chi connectivity index (χ4v) is 17.8. The molecule has 0 bridgehead atoms. The first-order valence-corrected chi connectivity index (χ1v) is 27.5. The van der Waals surface area contributed by atoms with E-state index in [9.17, 15) is 24.6 Å². The van der Waals surface area contributed by atoms with Gasteiger partial charge in [-0.05, 0) is 203 Å². The molecule has 11 nitrogen and oxygen atoms in total. The van der Waals surface area contributed by atoms with E-state index in [4.69, 9.17) is 24.7 Å². The standard InChI is InChI=1S/C59H82N2O9/c1-6-23-59-25-22-47-44-16-12-38-29-41(62)15-17-43(38)54(44)45(33-58(47,59)34-70-59)37-10-13-40(14-11-37)61(5)27-28-67-42-21-24-56(3)39(30-42)31-50(68-35-69-53(66)8-7-26-60)55-48-19-18-46(36(2)9-20-52(64)65)57(48,4)51(63)32-49(55)56/h10-11,13-14,29,36,39,42,44-51,55,63H,7-9,12,15-22,24-28,30-35,60H2,1-5H3,(H,64,65)/t36-,39+,42+,44?,45-,46-,47?,48+,49+,50-,51+,55+,56+,57-,58-,59+/m1/s1. The van der Waals surface area contributed by atoms with E-state index in [2.05, 4.69) is 68.8 Å². The number of carbonyl (C=O) groups excluding carboxylic acids is 2. The van der Waals surface area contributed by atoms with Crippen molar-refractivity contribution in [3.63, 3.8) is 0 Å². The van der Waals surface area contributed by atoms with Gasteiger partial charge in [0, 0.05) is 49.9 Å². The minimum absolute atomic E-state index is 0.0178. The largest absolute Gasteiger partial charge is 0.481 e. The van der Waals surface area contributed by atoms with E-state index in [1.54, 1.807) is 5.57 Å². The maximum atomic E-state index is 12.6. The number of fused-ring (bicyclic) bond motifs is 8. The third-order valence-electron chi connectivity index (χ3n) is 21.4. The van der Waals surface area contributed by atoms with Crippen molar-refractivity contribution in [2.45, 2.75) is 173 Å². The van der Waals surface area contributed by atoms with Gasteiger partial charge in [0.1, 0.15) is 5.60 Å². The minimum atomic E-state index is -0.767. The summed E-state index contributed by atoms with van der Waals surface area (Å²) in [6, 6.07) is 9.31. The molecule has 6 saturated carbocycles. The van der Waals surface area contributed by atoms with Gasteiger partial charge >= 0.3 is 11.9 Å². The Hall–Kier alpha value is -3.53. The van der Waals surface area contributed by atoms with Gasteiger partial charge in [0.05, 0.1) is 31.5 Å². The van der Waals surface area contributed by atoms with Gasteiger partial charge in [-0.2, -0.15) is 0 Å². The van der Waals surface area contributed by atoms with Gasteiger partial charge in [-0.3, -0.25) is 14.4 Å². The van der Waals surface area contributed by atoms with Crippen molar-refractivity contribution >= 4 is 23.4 Å². The van der Waals surface area contributed by atoms with Crippen LogP contribution in [0, 0.1) is 75.4 Å². The molecule has 1 aromatic carbocycles. The molecule has 1 aromatic rings. The predicted molar refractivity (Wildman–Crippen MR) is 268 cm³/mol. The normalized spacial score (nSPS) is 40.6. The van der Waals surface area contributed by atoms with Crippen LogP contribution in [-0.4, -0.2) is 92.0 Å². The zero-order chi connectivity index (χ0) is 49.2. The number of allylic oxidation sites excluding steroid dienone is 4. The molecule has 16 atom stereocenters. The van der Waals surface area contributed by atoms with E-state index in [-0.39, 0.29) is 95.0 Å². The van der Waals surface area contributed by atoms with Crippen LogP contribution in [-0.2, 0) is 33.3 Å². The summed E-state index contributed by atoms with van der Waals surface area (Å²) in [4.78, 5) is 39.1. The molecule has 0 amide bonds. The summed E-state index contributed by atoms with van der Waals surface area (Å²) in [6.45, 7) is 11.4. The van der Waals surface area contributed by atoms with Crippen LogP contribution < -0.4 is 10.6 Å². The third kappa shape index (κ3) is 8.44. The predicted octanol–water partition coefficient (Wildman–Crippen LogP) is 9.55. The Morgan fingerprint density at radius 3 is 2.53 bits per heavy atom. The van der Waals surface area contributed by atoms with E-state index in [1.165, 1.54) is 28.8 Å². The molecule has 2 unspecified atom stereocenters. The van der Waals surface area contributed by atoms with Crippen LogP contribution in [0.15, 0.2) is 47.1 Å². The average molecular weight is 963 g/mol. The second-order valence-corrected chi connectivity index (χ2v) is 24.2. The number of hydrogen-bond donors (Lipinski definition) is 3. The Morgan fingerprint density at radius 2 is 1.79 bits per heavy atom. The van der Waals surface area contributed by atoms with Gasteiger partial charge in [-0.1, -0.05) is 44.4 Å². The highest BCUT2D eigenvalue weighted by Gasteiger charge is 2.72. The fraction of sp³-hybridized carbons (Fsp3) is 0.746. The number of aliphatic hydroxyl groups excluding tert-OH is 1. The third-order valence-corrected chi connectivity index (χ3v) is 21.4.